The van der Waals surface area contributed by atoms with Gasteiger partial charge in [-0.05, 0) is 0 Å². The van der Waals surface area contributed by atoms with Crippen molar-refractivity contribution in [3.05, 3.63) is 0 Å². The zero-order valence-electron chi connectivity index (χ0n) is 25.6. The van der Waals surface area contributed by atoms with E-state index in [4.69, 9.17) is 28.4 Å². The lowest BCUT2D eigenvalue weighted by molar-refractivity contribution is -0.271. The zero-order valence-corrected chi connectivity index (χ0v) is 25.6. The molecule has 4 amide bonds. The second-order valence-corrected chi connectivity index (χ2v) is 10.4. The molecule has 0 aromatic rings. The highest BCUT2D eigenvalue weighted by molar-refractivity contribution is 5.78. The summed E-state index contributed by atoms with van der Waals surface area (Å²) in [6.07, 6.45) is -10.4. The van der Waals surface area contributed by atoms with Gasteiger partial charge in [0.25, 0.3) is 0 Å². The van der Waals surface area contributed by atoms with Crippen molar-refractivity contribution in [3.63, 3.8) is 0 Å². The van der Waals surface area contributed by atoms with Crippen molar-refractivity contribution in [2.24, 2.45) is 0 Å². The second-order valence-electron chi connectivity index (χ2n) is 10.4. The summed E-state index contributed by atoms with van der Waals surface area (Å²) in [5.74, 6) is -1.94. The van der Waals surface area contributed by atoms with Crippen molar-refractivity contribution in [2.45, 2.75) is 75.1 Å². The predicted molar refractivity (Wildman–Crippen MR) is 150 cm³/mol. The van der Waals surface area contributed by atoms with Crippen LogP contribution in [0.25, 0.3) is 0 Å². The summed E-state index contributed by atoms with van der Waals surface area (Å²) in [5, 5.41) is 69.1. The van der Waals surface area contributed by atoms with Crippen LogP contribution in [0.1, 0.15) is 13.8 Å². The van der Waals surface area contributed by atoms with Gasteiger partial charge in [-0.2, -0.15) is 0 Å². The van der Waals surface area contributed by atoms with Gasteiger partial charge in [0.1, 0.15) is 61.9 Å². The molecule has 0 saturated carbocycles. The number of hydrogen-bond acceptors (Lipinski definition) is 16. The number of rotatable bonds is 19. The Labute approximate surface area is 264 Å². The number of ether oxygens (including phenoxy) is 6. The van der Waals surface area contributed by atoms with Crippen LogP contribution in [0.5, 0.6) is 0 Å². The molecular formula is C26H46N4O16. The van der Waals surface area contributed by atoms with Crippen molar-refractivity contribution in [2.75, 3.05) is 65.9 Å². The van der Waals surface area contributed by atoms with E-state index in [0.717, 1.165) is 0 Å². The summed E-state index contributed by atoms with van der Waals surface area (Å²) in [5.41, 5.74) is 0. The van der Waals surface area contributed by atoms with Crippen LogP contribution >= 0.6 is 0 Å². The predicted octanol–water partition coefficient (Wildman–Crippen LogP) is -6.83. The maximum absolute atomic E-state index is 12.0. The standard InChI is InChI=1S/C26H46N4O16/c1-13(33)29-19-23(39)21(37)15(9-31)45-25(19)43-7-5-41-11-17(35)27-3-4-28-18(36)12-42-6-8-44-26-20(30-14(2)34)24(40)22(38)16(10-32)46-26/h15-16,19-26,31-32,37-40H,3-12H2,1-2H3,(H,27,35)(H,28,36)(H,29,33)(H,30,34)/t15?,16?,19-,20-,21-,22-,23?,24?,25?,26?/m0/s1. The maximum atomic E-state index is 12.0. The van der Waals surface area contributed by atoms with Gasteiger partial charge in [0.05, 0.1) is 39.6 Å². The molecule has 2 aliphatic heterocycles. The van der Waals surface area contributed by atoms with E-state index in [2.05, 4.69) is 21.3 Å². The Balaban J connectivity index is 1.55. The fraction of sp³-hybridized carbons (Fsp3) is 0.846. The summed E-state index contributed by atoms with van der Waals surface area (Å²) >= 11 is 0. The third kappa shape index (κ3) is 12.9. The molecule has 0 aliphatic carbocycles. The van der Waals surface area contributed by atoms with E-state index in [1.807, 2.05) is 0 Å². The third-order valence-corrected chi connectivity index (χ3v) is 6.76. The zero-order chi connectivity index (χ0) is 34.2. The van der Waals surface area contributed by atoms with Gasteiger partial charge in [-0.25, -0.2) is 0 Å². The van der Waals surface area contributed by atoms with Crippen LogP contribution in [-0.2, 0) is 47.6 Å². The topological polar surface area (TPSA) is 293 Å². The molecule has 0 radical (unpaired) electrons. The molecule has 2 saturated heterocycles. The summed E-state index contributed by atoms with van der Waals surface area (Å²) in [6.45, 7) is 0.439. The smallest absolute Gasteiger partial charge is 0.246 e. The van der Waals surface area contributed by atoms with E-state index in [-0.39, 0.29) is 52.7 Å². The van der Waals surface area contributed by atoms with Crippen LogP contribution < -0.4 is 21.3 Å². The first-order valence-corrected chi connectivity index (χ1v) is 14.6. The number of aliphatic hydroxyl groups excluding tert-OH is 6. The lowest BCUT2D eigenvalue weighted by atomic mass is 9.97. The molecule has 2 fully saturated rings. The van der Waals surface area contributed by atoms with Crippen molar-refractivity contribution < 1.29 is 78.2 Å². The molecule has 0 aromatic carbocycles. The molecule has 0 aromatic heterocycles. The molecule has 46 heavy (non-hydrogen) atoms. The first-order valence-electron chi connectivity index (χ1n) is 14.6. The van der Waals surface area contributed by atoms with E-state index >= 15 is 0 Å². The van der Waals surface area contributed by atoms with Gasteiger partial charge in [0.2, 0.25) is 23.6 Å². The van der Waals surface area contributed by atoms with Crippen LogP contribution in [0.3, 0.4) is 0 Å². The van der Waals surface area contributed by atoms with Crippen LogP contribution in [-0.4, -0.2) is 181 Å². The third-order valence-electron chi connectivity index (χ3n) is 6.76. The van der Waals surface area contributed by atoms with Gasteiger partial charge in [0, 0.05) is 26.9 Å². The monoisotopic (exact) mass is 670 g/mol. The Morgan fingerprint density at radius 2 is 0.978 bits per heavy atom. The number of nitrogens with one attached hydrogen (secondary N) is 4. The Morgan fingerprint density at radius 3 is 1.30 bits per heavy atom. The van der Waals surface area contributed by atoms with E-state index in [0.29, 0.717) is 0 Å². The van der Waals surface area contributed by atoms with Crippen molar-refractivity contribution in [3.8, 4) is 0 Å². The molecule has 20 nitrogen and oxygen atoms in total. The minimum Gasteiger partial charge on any atom is -0.394 e. The molecule has 2 rings (SSSR count). The van der Waals surface area contributed by atoms with Gasteiger partial charge in [-0.3, -0.25) is 19.2 Å². The molecule has 0 bridgehead atoms. The number of carbonyl (C=O) groups is 4. The SMILES string of the molecule is CC(=O)N[C@@H]1C(OCCOCC(=O)NCCNC(=O)COCCOC2OC(CO)[C@H](O)C(O)[C@@H]2NC(C)=O)OC(CO)[C@H](O)C1O. The summed E-state index contributed by atoms with van der Waals surface area (Å²) in [7, 11) is 0. The molecule has 0 spiro atoms. The van der Waals surface area contributed by atoms with Crippen LogP contribution in [0.2, 0.25) is 0 Å². The van der Waals surface area contributed by atoms with E-state index in [1.165, 1.54) is 13.8 Å². The lowest BCUT2D eigenvalue weighted by Crippen LogP contribution is -2.64. The van der Waals surface area contributed by atoms with E-state index < -0.39 is 98.1 Å². The average Bonchev–Trinajstić information content (AvgIpc) is 3.01. The number of aliphatic hydroxyl groups is 6. The van der Waals surface area contributed by atoms with Crippen LogP contribution in [0, 0.1) is 0 Å². The summed E-state index contributed by atoms with van der Waals surface area (Å²) in [4.78, 5) is 46.8. The number of amides is 4. The quantitative estimate of drug-likeness (QED) is 0.0571. The summed E-state index contributed by atoms with van der Waals surface area (Å²) < 4.78 is 32.2. The number of hydrogen-bond donors (Lipinski definition) is 10. The lowest BCUT2D eigenvalue weighted by Gasteiger charge is -2.42. The molecule has 10 atom stereocenters. The van der Waals surface area contributed by atoms with Crippen LogP contribution in [0.4, 0.5) is 0 Å². The Bertz CT molecular complexity index is 889. The highest BCUT2D eigenvalue weighted by Gasteiger charge is 2.46. The van der Waals surface area contributed by atoms with Gasteiger partial charge in [0.15, 0.2) is 12.6 Å². The highest BCUT2D eigenvalue weighted by atomic mass is 16.7. The fourth-order valence-electron chi connectivity index (χ4n) is 4.51. The number of carbonyl (C=O) groups excluding carboxylic acids is 4. The Hall–Kier alpha value is -2.60. The van der Waals surface area contributed by atoms with Gasteiger partial charge in [-0.15, -0.1) is 0 Å². The molecule has 2 aliphatic rings. The minimum absolute atomic E-state index is 0.0639. The first-order chi connectivity index (χ1) is 21.9. The first kappa shape index (κ1) is 39.6. The van der Waals surface area contributed by atoms with Gasteiger partial charge in [-0.1, -0.05) is 0 Å². The van der Waals surface area contributed by atoms with Crippen molar-refractivity contribution in [1.82, 2.24) is 21.3 Å². The molecule has 2 heterocycles. The van der Waals surface area contributed by atoms with E-state index in [9.17, 15) is 49.8 Å². The molecule has 6 unspecified atom stereocenters. The minimum atomic E-state index is -1.45. The van der Waals surface area contributed by atoms with Gasteiger partial charge >= 0.3 is 0 Å². The van der Waals surface area contributed by atoms with E-state index in [1.54, 1.807) is 0 Å². The maximum Gasteiger partial charge on any atom is 0.246 e. The molecule has 20 heteroatoms. The Kier molecular flexibility index (Phi) is 17.7. The molecule has 266 valence electrons. The molecule has 10 N–H and O–H groups in total. The van der Waals surface area contributed by atoms with Crippen LogP contribution in [0.15, 0.2) is 0 Å². The van der Waals surface area contributed by atoms with Crippen molar-refractivity contribution >= 4 is 23.6 Å². The normalized spacial score (nSPS) is 31.1. The Morgan fingerprint density at radius 1 is 0.609 bits per heavy atom. The average molecular weight is 671 g/mol. The second kappa shape index (κ2) is 20.6. The van der Waals surface area contributed by atoms with Crippen molar-refractivity contribution in [1.29, 1.82) is 0 Å². The highest BCUT2D eigenvalue weighted by Crippen LogP contribution is 2.23. The fourth-order valence-corrected chi connectivity index (χ4v) is 4.51. The largest absolute Gasteiger partial charge is 0.394 e. The van der Waals surface area contributed by atoms with Gasteiger partial charge < -0.3 is 80.3 Å². The molecular weight excluding hydrogens is 624 g/mol. The summed E-state index contributed by atoms with van der Waals surface area (Å²) in [6, 6.07) is -2.20.